The van der Waals surface area contributed by atoms with Gasteiger partial charge in [0.05, 0.1) is 6.04 Å². The second kappa shape index (κ2) is 6.86. The number of aromatic nitrogens is 1. The number of pyridine rings is 1. The first-order valence-corrected chi connectivity index (χ1v) is 7.77. The van der Waals surface area contributed by atoms with Gasteiger partial charge in [-0.25, -0.2) is 9.78 Å². The normalized spacial score (nSPS) is 12.7. The van der Waals surface area contributed by atoms with Crippen LogP contribution in [0.5, 0.6) is 0 Å². The molecule has 0 radical (unpaired) electrons. The van der Waals surface area contributed by atoms with Gasteiger partial charge in [-0.05, 0) is 17.7 Å². The number of amides is 1. The molecule has 2 rings (SSSR count). The van der Waals surface area contributed by atoms with Crippen molar-refractivity contribution in [2.24, 2.45) is 11.1 Å². The molecule has 1 aromatic heterocycles. The average Bonchev–Trinajstić information content (AvgIpc) is 2.49. The lowest BCUT2D eigenvalue weighted by Gasteiger charge is -2.31. The summed E-state index contributed by atoms with van der Waals surface area (Å²) in [5, 5.41) is 5.01. The predicted octanol–water partition coefficient (Wildman–Crippen LogP) is 3.36. The maximum absolute atomic E-state index is 11.8. The Balaban J connectivity index is 2.42. The first kappa shape index (κ1) is 17.7. The van der Waals surface area contributed by atoms with Crippen LogP contribution in [-0.4, -0.2) is 29.5 Å². The van der Waals surface area contributed by atoms with Crippen LogP contribution < -0.4 is 11.1 Å². The van der Waals surface area contributed by atoms with Gasteiger partial charge in [-0.1, -0.05) is 45.0 Å². The van der Waals surface area contributed by atoms with Crippen LogP contribution >= 0.6 is 0 Å². The summed E-state index contributed by atoms with van der Waals surface area (Å²) in [5.41, 5.74) is 5.46. The standard InChI is InChI=1S/C18H23N3O3/c1-11(22)14-9-20-16(13-8-6-5-7-12(13)14)21-15(18(2,3)4)10-24-17(19)23/h5-9,15H,10H2,1-4H3,(H2,19,23)(H,20,21). The molecule has 1 atom stereocenters. The minimum absolute atomic E-state index is 0.0327. The number of rotatable bonds is 5. The molecule has 1 amide bonds. The summed E-state index contributed by atoms with van der Waals surface area (Å²) in [5.74, 6) is 0.610. The van der Waals surface area contributed by atoms with Crippen LogP contribution in [0.4, 0.5) is 10.6 Å². The van der Waals surface area contributed by atoms with Crippen molar-refractivity contribution in [2.45, 2.75) is 33.7 Å². The number of nitrogens with zero attached hydrogens (tertiary/aromatic N) is 1. The van der Waals surface area contributed by atoms with Crippen molar-refractivity contribution in [2.75, 3.05) is 11.9 Å². The highest BCUT2D eigenvalue weighted by molar-refractivity contribution is 6.09. The SMILES string of the molecule is CC(=O)c1cnc(NC(COC(N)=O)C(C)(C)C)c2ccccc12. The number of nitrogens with one attached hydrogen (secondary N) is 1. The first-order chi connectivity index (χ1) is 11.2. The number of fused-ring (bicyclic) bond motifs is 1. The van der Waals surface area contributed by atoms with Gasteiger partial charge in [0.1, 0.15) is 12.4 Å². The van der Waals surface area contributed by atoms with Gasteiger partial charge < -0.3 is 15.8 Å². The summed E-state index contributed by atoms with van der Waals surface area (Å²) in [7, 11) is 0. The van der Waals surface area contributed by atoms with E-state index in [1.165, 1.54) is 6.92 Å². The van der Waals surface area contributed by atoms with E-state index in [4.69, 9.17) is 10.5 Å². The third-order valence-electron chi connectivity index (χ3n) is 3.92. The van der Waals surface area contributed by atoms with Crippen LogP contribution in [0, 0.1) is 5.41 Å². The number of hydrogen-bond donors (Lipinski definition) is 2. The van der Waals surface area contributed by atoms with E-state index in [1.54, 1.807) is 6.20 Å². The molecule has 0 aliphatic heterocycles. The van der Waals surface area contributed by atoms with E-state index in [1.807, 2.05) is 45.0 Å². The van der Waals surface area contributed by atoms with Crippen molar-refractivity contribution < 1.29 is 14.3 Å². The molecule has 0 saturated carbocycles. The highest BCUT2D eigenvalue weighted by Gasteiger charge is 2.27. The molecule has 0 saturated heterocycles. The van der Waals surface area contributed by atoms with Gasteiger partial charge in [-0.15, -0.1) is 0 Å². The minimum atomic E-state index is -0.809. The zero-order valence-electron chi connectivity index (χ0n) is 14.4. The lowest BCUT2D eigenvalue weighted by atomic mass is 9.87. The summed E-state index contributed by atoms with van der Waals surface area (Å²) in [6.45, 7) is 7.74. The van der Waals surface area contributed by atoms with E-state index < -0.39 is 6.09 Å². The topological polar surface area (TPSA) is 94.3 Å². The van der Waals surface area contributed by atoms with Gasteiger partial charge in [-0.2, -0.15) is 0 Å². The predicted molar refractivity (Wildman–Crippen MR) is 94.1 cm³/mol. The van der Waals surface area contributed by atoms with Gasteiger partial charge in [0.25, 0.3) is 0 Å². The molecule has 3 N–H and O–H groups in total. The van der Waals surface area contributed by atoms with Crippen molar-refractivity contribution in [3.05, 3.63) is 36.0 Å². The van der Waals surface area contributed by atoms with Crippen LogP contribution in [0.15, 0.2) is 30.5 Å². The van der Waals surface area contributed by atoms with E-state index >= 15 is 0 Å². The smallest absolute Gasteiger partial charge is 0.404 e. The maximum Gasteiger partial charge on any atom is 0.404 e. The van der Waals surface area contributed by atoms with Crippen LogP contribution in [-0.2, 0) is 4.74 Å². The Labute approximate surface area is 141 Å². The Morgan fingerprint density at radius 1 is 1.25 bits per heavy atom. The Kier molecular flexibility index (Phi) is 5.07. The van der Waals surface area contributed by atoms with Gasteiger partial charge >= 0.3 is 6.09 Å². The molecule has 0 aliphatic carbocycles. The zero-order chi connectivity index (χ0) is 17.9. The number of carbonyl (C=O) groups excluding carboxylic acids is 2. The average molecular weight is 329 g/mol. The second-order valence-corrected chi connectivity index (χ2v) is 6.82. The van der Waals surface area contributed by atoms with Crippen molar-refractivity contribution in [1.29, 1.82) is 0 Å². The van der Waals surface area contributed by atoms with Crippen LogP contribution in [0.25, 0.3) is 10.8 Å². The maximum atomic E-state index is 11.8. The number of benzene rings is 1. The fraction of sp³-hybridized carbons (Fsp3) is 0.389. The van der Waals surface area contributed by atoms with Gasteiger partial charge in [0.2, 0.25) is 0 Å². The zero-order valence-corrected chi connectivity index (χ0v) is 14.4. The summed E-state index contributed by atoms with van der Waals surface area (Å²) in [4.78, 5) is 27.1. The molecule has 6 nitrogen and oxygen atoms in total. The number of hydrogen-bond acceptors (Lipinski definition) is 5. The quantitative estimate of drug-likeness (QED) is 0.820. The summed E-state index contributed by atoms with van der Waals surface area (Å²) in [6.07, 6.45) is 0.762. The number of nitrogens with two attached hydrogens (primary N) is 1. The Hall–Kier alpha value is -2.63. The molecule has 0 spiro atoms. The van der Waals surface area contributed by atoms with Crippen molar-refractivity contribution in [3.8, 4) is 0 Å². The molecule has 0 fully saturated rings. The molecular weight excluding hydrogens is 306 g/mol. The molecule has 6 heteroatoms. The van der Waals surface area contributed by atoms with Crippen LogP contribution in [0.3, 0.4) is 0 Å². The number of primary amides is 1. The number of ether oxygens (including phenoxy) is 1. The number of carbonyl (C=O) groups is 2. The molecule has 0 aliphatic rings. The monoisotopic (exact) mass is 329 g/mol. The highest BCUT2D eigenvalue weighted by atomic mass is 16.5. The molecule has 1 unspecified atom stereocenters. The van der Waals surface area contributed by atoms with Gasteiger partial charge in [-0.3, -0.25) is 4.79 Å². The van der Waals surface area contributed by atoms with E-state index in [0.717, 1.165) is 10.8 Å². The third kappa shape index (κ3) is 4.01. The molecule has 0 bridgehead atoms. The van der Waals surface area contributed by atoms with E-state index in [-0.39, 0.29) is 23.8 Å². The highest BCUT2D eigenvalue weighted by Crippen LogP contribution is 2.29. The van der Waals surface area contributed by atoms with E-state index in [0.29, 0.717) is 11.4 Å². The van der Waals surface area contributed by atoms with E-state index in [2.05, 4.69) is 10.3 Å². The second-order valence-electron chi connectivity index (χ2n) is 6.82. The van der Waals surface area contributed by atoms with Crippen molar-refractivity contribution >= 4 is 28.5 Å². The Morgan fingerprint density at radius 2 is 1.88 bits per heavy atom. The Morgan fingerprint density at radius 3 is 2.42 bits per heavy atom. The van der Waals surface area contributed by atoms with Gasteiger partial charge in [0.15, 0.2) is 5.78 Å². The number of Topliss-reactive ketones (excluding diaryl/α,β-unsaturated/α-hetero) is 1. The van der Waals surface area contributed by atoms with Crippen molar-refractivity contribution in [1.82, 2.24) is 4.98 Å². The molecule has 1 heterocycles. The molecular formula is C18H23N3O3. The van der Waals surface area contributed by atoms with Crippen LogP contribution in [0.1, 0.15) is 38.1 Å². The van der Waals surface area contributed by atoms with Crippen molar-refractivity contribution in [3.63, 3.8) is 0 Å². The van der Waals surface area contributed by atoms with Gasteiger partial charge in [0, 0.05) is 17.1 Å². The number of anilines is 1. The molecule has 1 aromatic carbocycles. The lowest BCUT2D eigenvalue weighted by molar-refractivity contribution is 0.101. The molecule has 2 aromatic rings. The van der Waals surface area contributed by atoms with E-state index in [9.17, 15) is 9.59 Å². The molecule has 128 valence electrons. The Bertz CT molecular complexity index is 766. The first-order valence-electron chi connectivity index (χ1n) is 7.77. The lowest BCUT2D eigenvalue weighted by Crippen LogP contribution is -2.39. The molecule has 24 heavy (non-hydrogen) atoms. The minimum Gasteiger partial charge on any atom is -0.448 e. The summed E-state index contributed by atoms with van der Waals surface area (Å²) < 4.78 is 4.97. The summed E-state index contributed by atoms with van der Waals surface area (Å²) >= 11 is 0. The number of ketones is 1. The van der Waals surface area contributed by atoms with Crippen LogP contribution in [0.2, 0.25) is 0 Å². The third-order valence-corrected chi connectivity index (χ3v) is 3.92. The fourth-order valence-corrected chi connectivity index (χ4v) is 2.43. The fourth-order valence-electron chi connectivity index (χ4n) is 2.43. The summed E-state index contributed by atoms with van der Waals surface area (Å²) in [6, 6.07) is 7.39. The largest absolute Gasteiger partial charge is 0.448 e.